The summed E-state index contributed by atoms with van der Waals surface area (Å²) in [6.45, 7) is 7.86. The maximum atomic E-state index is 11.6. The average Bonchev–Trinajstić information content (AvgIpc) is 2.54. The number of ether oxygens (including phenoxy) is 6. The van der Waals surface area contributed by atoms with Crippen LogP contribution in [-0.2, 0) is 47.6 Å². The van der Waals surface area contributed by atoms with E-state index in [4.69, 9.17) is 28.4 Å². The molecular formula is C17H24O10. The molecule has 0 saturated carbocycles. The lowest BCUT2D eigenvalue weighted by molar-refractivity contribution is -0.322. The highest BCUT2D eigenvalue weighted by Gasteiger charge is 2.59. The van der Waals surface area contributed by atoms with Gasteiger partial charge in [0.15, 0.2) is 17.8 Å². The molecule has 1 rings (SSSR count). The maximum Gasteiger partial charge on any atom is 0.305 e. The van der Waals surface area contributed by atoms with Crippen molar-refractivity contribution in [3.05, 3.63) is 12.7 Å². The van der Waals surface area contributed by atoms with Gasteiger partial charge in [-0.15, -0.1) is 0 Å². The minimum atomic E-state index is -1.62. The first-order chi connectivity index (χ1) is 12.6. The Bertz CT molecular complexity index is 601. The van der Waals surface area contributed by atoms with E-state index in [1.807, 2.05) is 0 Å². The van der Waals surface area contributed by atoms with Crippen LogP contribution in [0.5, 0.6) is 0 Å². The summed E-state index contributed by atoms with van der Waals surface area (Å²) in [4.78, 5) is 45.9. The highest BCUT2D eigenvalue weighted by molar-refractivity contribution is 5.68. The molecule has 0 aliphatic carbocycles. The van der Waals surface area contributed by atoms with Crippen LogP contribution in [0.25, 0.3) is 0 Å². The monoisotopic (exact) mass is 388 g/mol. The van der Waals surface area contributed by atoms with Gasteiger partial charge in [0.1, 0.15) is 12.7 Å². The van der Waals surface area contributed by atoms with Gasteiger partial charge >= 0.3 is 23.9 Å². The molecule has 0 aromatic carbocycles. The number of hydrogen-bond donors (Lipinski definition) is 0. The van der Waals surface area contributed by atoms with Gasteiger partial charge in [-0.2, -0.15) is 0 Å². The average molecular weight is 388 g/mol. The Morgan fingerprint density at radius 2 is 1.48 bits per heavy atom. The molecule has 1 fully saturated rings. The van der Waals surface area contributed by atoms with Crippen LogP contribution in [-0.4, -0.2) is 67.8 Å². The summed E-state index contributed by atoms with van der Waals surface area (Å²) in [7, 11) is 1.29. The van der Waals surface area contributed by atoms with Crippen molar-refractivity contribution in [1.29, 1.82) is 0 Å². The lowest BCUT2D eigenvalue weighted by Crippen LogP contribution is -2.68. The Hall–Kier alpha value is -2.46. The zero-order chi connectivity index (χ0) is 20.8. The zero-order valence-electron chi connectivity index (χ0n) is 15.9. The van der Waals surface area contributed by atoms with E-state index in [-0.39, 0.29) is 0 Å². The molecule has 10 heteroatoms. The Kier molecular flexibility index (Phi) is 7.92. The first-order valence-corrected chi connectivity index (χ1v) is 8.05. The molecule has 1 heterocycles. The van der Waals surface area contributed by atoms with Crippen LogP contribution in [0.3, 0.4) is 0 Å². The van der Waals surface area contributed by atoms with Crippen LogP contribution >= 0.6 is 0 Å². The van der Waals surface area contributed by atoms with Crippen molar-refractivity contribution in [3.63, 3.8) is 0 Å². The number of methoxy groups -OCH3 is 1. The fourth-order valence-corrected chi connectivity index (χ4v) is 2.68. The Morgan fingerprint density at radius 3 is 1.89 bits per heavy atom. The van der Waals surface area contributed by atoms with Gasteiger partial charge < -0.3 is 28.4 Å². The number of carbonyl (C=O) groups is 4. The minimum Gasteiger partial charge on any atom is -0.462 e. The minimum absolute atomic E-state index is 0.409. The van der Waals surface area contributed by atoms with Gasteiger partial charge in [0.05, 0.1) is 0 Å². The highest BCUT2D eigenvalue weighted by Crippen LogP contribution is 2.37. The van der Waals surface area contributed by atoms with Crippen LogP contribution < -0.4 is 0 Å². The Balaban J connectivity index is 3.42. The molecule has 10 nitrogen and oxygen atoms in total. The van der Waals surface area contributed by atoms with E-state index in [0.717, 1.165) is 20.8 Å². The van der Waals surface area contributed by atoms with E-state index in [2.05, 4.69) is 6.58 Å². The maximum absolute atomic E-state index is 11.6. The predicted octanol–water partition coefficient (Wildman–Crippen LogP) is 0.272. The van der Waals surface area contributed by atoms with Crippen molar-refractivity contribution in [1.82, 2.24) is 0 Å². The van der Waals surface area contributed by atoms with Crippen LogP contribution in [0.4, 0.5) is 0 Å². The van der Waals surface area contributed by atoms with Crippen molar-refractivity contribution in [2.75, 3.05) is 13.7 Å². The number of hydrogen-bond acceptors (Lipinski definition) is 10. The van der Waals surface area contributed by atoms with Crippen molar-refractivity contribution < 1.29 is 47.6 Å². The van der Waals surface area contributed by atoms with Crippen molar-refractivity contribution in [2.24, 2.45) is 0 Å². The van der Waals surface area contributed by atoms with E-state index in [1.165, 1.54) is 20.1 Å². The summed E-state index contributed by atoms with van der Waals surface area (Å²) in [5.74, 6) is -2.73. The van der Waals surface area contributed by atoms with E-state index < -0.39 is 60.7 Å². The molecule has 0 spiro atoms. The number of carbonyl (C=O) groups excluding carboxylic acids is 4. The molecule has 5 unspecified atom stereocenters. The lowest BCUT2D eigenvalue weighted by Gasteiger charge is -2.49. The summed E-state index contributed by atoms with van der Waals surface area (Å²) in [5.41, 5.74) is -1.62. The third-order valence-corrected chi connectivity index (χ3v) is 3.70. The van der Waals surface area contributed by atoms with Gasteiger partial charge in [0.25, 0.3) is 0 Å². The number of esters is 4. The molecule has 0 aromatic heterocycles. The van der Waals surface area contributed by atoms with Crippen molar-refractivity contribution in [3.8, 4) is 0 Å². The summed E-state index contributed by atoms with van der Waals surface area (Å²) in [6, 6.07) is 0. The first-order valence-electron chi connectivity index (χ1n) is 8.05. The predicted molar refractivity (Wildman–Crippen MR) is 88.1 cm³/mol. The second-order valence-corrected chi connectivity index (χ2v) is 5.84. The van der Waals surface area contributed by atoms with Crippen molar-refractivity contribution in [2.45, 2.75) is 57.9 Å². The SMILES string of the molecule is C=CC1(COC(C)=O)OC(OC(C)=O)C(OC(C)=O)C(OC)C1OC(C)=O. The van der Waals surface area contributed by atoms with E-state index in [1.54, 1.807) is 0 Å². The third-order valence-electron chi connectivity index (χ3n) is 3.70. The molecule has 0 radical (unpaired) electrons. The smallest absolute Gasteiger partial charge is 0.305 e. The van der Waals surface area contributed by atoms with E-state index in [9.17, 15) is 19.2 Å². The molecule has 27 heavy (non-hydrogen) atoms. The fraction of sp³-hybridized carbons (Fsp3) is 0.647. The molecule has 1 aliphatic rings. The van der Waals surface area contributed by atoms with Gasteiger partial charge in [-0.1, -0.05) is 12.7 Å². The second kappa shape index (κ2) is 9.47. The number of rotatable bonds is 7. The summed E-state index contributed by atoms with van der Waals surface area (Å²) >= 11 is 0. The van der Waals surface area contributed by atoms with Gasteiger partial charge in [0, 0.05) is 34.8 Å². The highest BCUT2D eigenvalue weighted by atomic mass is 16.7. The largest absolute Gasteiger partial charge is 0.462 e. The molecule has 5 atom stereocenters. The Morgan fingerprint density at radius 1 is 0.926 bits per heavy atom. The molecule has 0 N–H and O–H groups in total. The summed E-state index contributed by atoms with van der Waals surface area (Å²) in [6.07, 6.45) is -3.74. The zero-order valence-corrected chi connectivity index (χ0v) is 15.9. The van der Waals surface area contributed by atoms with Gasteiger partial charge in [-0.05, 0) is 0 Å². The molecular weight excluding hydrogens is 364 g/mol. The van der Waals surface area contributed by atoms with Crippen molar-refractivity contribution >= 4 is 23.9 Å². The summed E-state index contributed by atoms with van der Waals surface area (Å²) < 4.78 is 31.8. The molecule has 1 saturated heterocycles. The Labute approximate surface area is 156 Å². The van der Waals surface area contributed by atoms with Gasteiger partial charge in [-0.25, -0.2) is 0 Å². The molecule has 0 amide bonds. The van der Waals surface area contributed by atoms with Crippen LogP contribution in [0, 0.1) is 0 Å². The molecule has 0 bridgehead atoms. The van der Waals surface area contributed by atoms with Gasteiger partial charge in [0.2, 0.25) is 6.29 Å². The molecule has 152 valence electrons. The molecule has 0 aromatic rings. The van der Waals surface area contributed by atoms with Crippen LogP contribution in [0.2, 0.25) is 0 Å². The lowest BCUT2D eigenvalue weighted by atomic mass is 9.86. The van der Waals surface area contributed by atoms with E-state index >= 15 is 0 Å². The summed E-state index contributed by atoms with van der Waals surface area (Å²) in [5, 5.41) is 0. The van der Waals surface area contributed by atoms with Crippen LogP contribution in [0.1, 0.15) is 27.7 Å². The van der Waals surface area contributed by atoms with Gasteiger partial charge in [-0.3, -0.25) is 19.2 Å². The standard InChI is InChI=1S/C17H24O10/c1-7-17(8-23-9(2)18)15(25-11(4)20)13(22-6)14(24-10(3)19)16(27-17)26-12(5)21/h7,13-16H,1,8H2,2-6H3. The topological polar surface area (TPSA) is 124 Å². The fourth-order valence-electron chi connectivity index (χ4n) is 2.68. The van der Waals surface area contributed by atoms with E-state index in [0.29, 0.717) is 0 Å². The van der Waals surface area contributed by atoms with Crippen LogP contribution in [0.15, 0.2) is 12.7 Å². The normalized spacial score (nSPS) is 30.0. The quantitative estimate of drug-likeness (QED) is 0.341. The second-order valence-electron chi connectivity index (χ2n) is 5.84. The first kappa shape index (κ1) is 22.6. The third kappa shape index (κ3) is 5.76. The molecule has 1 aliphatic heterocycles.